The zero-order chi connectivity index (χ0) is 6.99. The molecular formula is C6H10ClF. The molecule has 0 saturated heterocycles. The lowest BCUT2D eigenvalue weighted by Gasteiger charge is -1.72. The molecule has 0 aliphatic heterocycles. The predicted octanol–water partition coefficient (Wildman–Crippen LogP) is 2.90. The number of rotatable bonds is 1. The minimum atomic E-state index is -0.623. The van der Waals surface area contributed by atoms with Gasteiger partial charge in [0.2, 0.25) is 0 Å². The van der Waals surface area contributed by atoms with E-state index in [4.69, 9.17) is 11.6 Å². The fourth-order valence-corrected chi connectivity index (χ4v) is 0. The van der Waals surface area contributed by atoms with Crippen LogP contribution >= 0.6 is 11.6 Å². The van der Waals surface area contributed by atoms with Gasteiger partial charge in [-0.15, -0.1) is 6.58 Å². The van der Waals surface area contributed by atoms with Crippen LogP contribution in [0.2, 0.25) is 0 Å². The van der Waals surface area contributed by atoms with Crippen molar-refractivity contribution in [3.8, 4) is 0 Å². The van der Waals surface area contributed by atoms with Gasteiger partial charge in [0.25, 0.3) is 0 Å². The fourth-order valence-electron chi connectivity index (χ4n) is 0. The van der Waals surface area contributed by atoms with Gasteiger partial charge in [-0.3, -0.25) is 0 Å². The molecule has 0 aromatic rings. The molecule has 2 heteroatoms. The quantitative estimate of drug-likeness (QED) is 0.487. The largest absolute Gasteiger partial charge is 0.245 e. The van der Waals surface area contributed by atoms with E-state index in [1.807, 2.05) is 6.92 Å². The van der Waals surface area contributed by atoms with E-state index in [2.05, 4.69) is 13.2 Å². The van der Waals surface area contributed by atoms with Crippen molar-refractivity contribution in [2.75, 3.05) is 6.67 Å². The Morgan fingerprint density at radius 3 is 2.00 bits per heavy atom. The molecule has 0 aliphatic rings. The van der Waals surface area contributed by atoms with Crippen LogP contribution in [0.4, 0.5) is 4.39 Å². The number of allylic oxidation sites excluding steroid dienone is 2. The highest BCUT2D eigenvalue weighted by molar-refractivity contribution is 6.29. The Balaban J connectivity index is 0. The Hall–Kier alpha value is -0.300. The second-order valence-corrected chi connectivity index (χ2v) is 1.59. The van der Waals surface area contributed by atoms with Crippen molar-refractivity contribution in [2.24, 2.45) is 0 Å². The second kappa shape index (κ2) is 9.85. The third-order valence-electron chi connectivity index (χ3n) is 0.145. The second-order valence-electron chi connectivity index (χ2n) is 1.06. The standard InChI is InChI=1S/C3H4ClF.C3H6/c1-3(4)2-5;1-3-2/h1-2H2;3H,1H2,2H3. The van der Waals surface area contributed by atoms with E-state index >= 15 is 0 Å². The molecule has 0 nitrogen and oxygen atoms in total. The Morgan fingerprint density at radius 1 is 1.88 bits per heavy atom. The summed E-state index contributed by atoms with van der Waals surface area (Å²) >= 11 is 4.89. The van der Waals surface area contributed by atoms with Gasteiger partial charge in [0.1, 0.15) is 6.67 Å². The van der Waals surface area contributed by atoms with Gasteiger partial charge < -0.3 is 0 Å². The molecule has 48 valence electrons. The van der Waals surface area contributed by atoms with Crippen LogP contribution in [0, 0.1) is 0 Å². The maximum Gasteiger partial charge on any atom is 0.124 e. The number of hydrogen-bond donors (Lipinski definition) is 0. The molecule has 0 bridgehead atoms. The van der Waals surface area contributed by atoms with Crippen LogP contribution in [0.15, 0.2) is 24.3 Å². The first-order valence-electron chi connectivity index (χ1n) is 2.15. The topological polar surface area (TPSA) is 0 Å². The number of halogens is 2. The Kier molecular flexibility index (Phi) is 13.1. The van der Waals surface area contributed by atoms with Crippen molar-refractivity contribution in [1.29, 1.82) is 0 Å². The molecule has 0 spiro atoms. The van der Waals surface area contributed by atoms with Crippen LogP contribution in [0.25, 0.3) is 0 Å². The molecule has 0 amide bonds. The minimum Gasteiger partial charge on any atom is -0.245 e. The smallest absolute Gasteiger partial charge is 0.124 e. The highest BCUT2D eigenvalue weighted by atomic mass is 35.5. The molecule has 0 atom stereocenters. The van der Waals surface area contributed by atoms with Crippen molar-refractivity contribution in [2.45, 2.75) is 6.92 Å². The van der Waals surface area contributed by atoms with E-state index in [-0.39, 0.29) is 5.03 Å². The first kappa shape index (κ1) is 10.6. The average molecular weight is 137 g/mol. The molecule has 0 aromatic carbocycles. The number of hydrogen-bond acceptors (Lipinski definition) is 0. The molecule has 8 heavy (non-hydrogen) atoms. The van der Waals surface area contributed by atoms with Crippen LogP contribution in [-0.2, 0) is 0 Å². The zero-order valence-electron chi connectivity index (χ0n) is 4.95. The highest BCUT2D eigenvalue weighted by Crippen LogP contribution is 1.93. The van der Waals surface area contributed by atoms with Crippen molar-refractivity contribution in [1.82, 2.24) is 0 Å². The van der Waals surface area contributed by atoms with Gasteiger partial charge in [0.15, 0.2) is 0 Å². The summed E-state index contributed by atoms with van der Waals surface area (Å²) in [5.41, 5.74) is 0. The van der Waals surface area contributed by atoms with Crippen molar-refractivity contribution >= 4 is 11.6 Å². The van der Waals surface area contributed by atoms with Crippen molar-refractivity contribution in [3.63, 3.8) is 0 Å². The lowest BCUT2D eigenvalue weighted by atomic mass is 10.7. The van der Waals surface area contributed by atoms with E-state index in [9.17, 15) is 4.39 Å². The van der Waals surface area contributed by atoms with Gasteiger partial charge in [-0.1, -0.05) is 24.3 Å². The summed E-state index contributed by atoms with van der Waals surface area (Å²) in [5.74, 6) is 0. The Labute approximate surface area is 54.7 Å². The molecule has 0 rings (SSSR count). The first-order chi connectivity index (χ1) is 3.68. The average Bonchev–Trinajstić information content (AvgIpc) is 1.69. The molecule has 0 N–H and O–H groups in total. The highest BCUT2D eigenvalue weighted by Gasteiger charge is 1.75. The van der Waals surface area contributed by atoms with E-state index < -0.39 is 6.67 Å². The van der Waals surface area contributed by atoms with Crippen LogP contribution in [0.1, 0.15) is 6.92 Å². The van der Waals surface area contributed by atoms with Gasteiger partial charge in [0, 0.05) is 5.03 Å². The molecule has 0 fully saturated rings. The Bertz CT molecular complexity index is 68.9. The third-order valence-corrected chi connectivity index (χ3v) is 0.246. The number of alkyl halides is 1. The van der Waals surface area contributed by atoms with Gasteiger partial charge in [-0.25, -0.2) is 4.39 Å². The van der Waals surface area contributed by atoms with Crippen molar-refractivity contribution < 1.29 is 4.39 Å². The van der Waals surface area contributed by atoms with E-state index in [0.29, 0.717) is 0 Å². The summed E-state index contributed by atoms with van der Waals surface area (Å²) in [6.07, 6.45) is 1.75. The molecule has 0 saturated carbocycles. The first-order valence-corrected chi connectivity index (χ1v) is 2.53. The molecular weight excluding hydrogens is 127 g/mol. The summed E-state index contributed by atoms with van der Waals surface area (Å²) in [5, 5.41) is 0.0602. The Morgan fingerprint density at radius 2 is 2.00 bits per heavy atom. The molecule has 0 aliphatic carbocycles. The molecule has 0 unspecified atom stereocenters. The maximum atomic E-state index is 10.9. The summed E-state index contributed by atoms with van der Waals surface area (Å²) in [4.78, 5) is 0. The van der Waals surface area contributed by atoms with Crippen LogP contribution < -0.4 is 0 Å². The predicted molar refractivity (Wildman–Crippen MR) is 36.8 cm³/mol. The maximum absolute atomic E-state index is 10.9. The van der Waals surface area contributed by atoms with Gasteiger partial charge in [-0.05, 0) is 6.92 Å². The van der Waals surface area contributed by atoms with Gasteiger partial charge in [0.05, 0.1) is 0 Å². The summed E-state index contributed by atoms with van der Waals surface area (Å²) in [6, 6.07) is 0. The summed E-state index contributed by atoms with van der Waals surface area (Å²) < 4.78 is 10.9. The monoisotopic (exact) mass is 136 g/mol. The fraction of sp³-hybridized carbons (Fsp3) is 0.333. The lowest BCUT2D eigenvalue weighted by Crippen LogP contribution is -1.63. The van der Waals surface area contributed by atoms with Crippen LogP contribution in [-0.4, -0.2) is 6.67 Å². The summed E-state index contributed by atoms with van der Waals surface area (Å²) in [7, 11) is 0. The van der Waals surface area contributed by atoms with E-state index in [1.165, 1.54) is 0 Å². The normalized spacial score (nSPS) is 6.38. The third kappa shape index (κ3) is 43.6. The van der Waals surface area contributed by atoms with E-state index in [0.717, 1.165) is 0 Å². The SMILES string of the molecule is C=C(Cl)CF.C=CC. The minimum absolute atomic E-state index is 0.0602. The van der Waals surface area contributed by atoms with Crippen LogP contribution in [0.3, 0.4) is 0 Å². The molecule has 0 aromatic heterocycles. The van der Waals surface area contributed by atoms with Gasteiger partial charge in [-0.2, -0.15) is 0 Å². The molecule has 0 heterocycles. The van der Waals surface area contributed by atoms with Gasteiger partial charge >= 0.3 is 0 Å². The molecule has 0 radical (unpaired) electrons. The van der Waals surface area contributed by atoms with Crippen molar-refractivity contribution in [3.05, 3.63) is 24.3 Å². The van der Waals surface area contributed by atoms with Crippen LogP contribution in [0.5, 0.6) is 0 Å². The summed E-state index contributed by atoms with van der Waals surface area (Å²) in [6.45, 7) is 7.69. The lowest BCUT2D eigenvalue weighted by molar-refractivity contribution is 0.556. The zero-order valence-corrected chi connectivity index (χ0v) is 5.71. The van der Waals surface area contributed by atoms with E-state index in [1.54, 1.807) is 6.08 Å².